The van der Waals surface area contributed by atoms with Crippen LogP contribution < -0.4 is 0 Å². The summed E-state index contributed by atoms with van der Waals surface area (Å²) >= 11 is 1.79. The minimum atomic E-state index is 0.592. The van der Waals surface area contributed by atoms with Crippen molar-refractivity contribution < 1.29 is 0 Å². The first-order valence-corrected chi connectivity index (χ1v) is 28.9. The maximum Gasteiger partial charge on any atom is 0.237 e. The minimum absolute atomic E-state index is 0.592. The molecule has 0 saturated carbocycles. The van der Waals surface area contributed by atoms with Crippen LogP contribution in [0, 0.1) is 0 Å². The highest BCUT2D eigenvalue weighted by Gasteiger charge is 2.23. The van der Waals surface area contributed by atoms with Crippen molar-refractivity contribution in [3.63, 3.8) is 0 Å². The zero-order valence-electron chi connectivity index (χ0n) is 44.5. The topological polar surface area (TPSA) is 58.4 Å². The normalized spacial score (nSPS) is 12.1. The number of nitrogens with zero attached hydrogens (tertiary/aromatic N) is 7. The molecule has 0 aliphatic heterocycles. The van der Waals surface area contributed by atoms with Gasteiger partial charge < -0.3 is 9.13 Å². The van der Waals surface area contributed by atoms with Gasteiger partial charge in [0.2, 0.25) is 5.95 Å². The molecule has 0 aliphatic carbocycles. The predicted octanol–water partition coefficient (Wildman–Crippen LogP) is 19.6. The minimum Gasteiger partial charge on any atom is -0.309 e. The average Bonchev–Trinajstić information content (AvgIpc) is 3.94. The first-order chi connectivity index (χ1) is 41.1. The molecule has 8 heteroatoms. The average molecular weight is 1080 g/mol. The zero-order valence-corrected chi connectivity index (χ0v) is 45.3. The van der Waals surface area contributed by atoms with E-state index in [-0.39, 0.29) is 0 Å². The van der Waals surface area contributed by atoms with Crippen LogP contribution in [0.15, 0.2) is 273 Å². The van der Waals surface area contributed by atoms with Gasteiger partial charge in [-0.15, -0.1) is 11.3 Å². The summed E-state index contributed by atoms with van der Waals surface area (Å²) in [5.74, 6) is 1.37. The Morgan fingerprint density at radius 1 is 0.265 bits per heavy atom. The van der Waals surface area contributed by atoms with Crippen molar-refractivity contribution >= 4 is 119 Å². The summed E-state index contributed by atoms with van der Waals surface area (Å²) in [6.07, 6.45) is 3.86. The summed E-state index contributed by atoms with van der Waals surface area (Å²) in [7, 11) is 0. The van der Waals surface area contributed by atoms with E-state index in [2.05, 4.69) is 284 Å². The highest BCUT2D eigenvalue weighted by Crippen LogP contribution is 2.43. The number of thiophene rings is 1. The van der Waals surface area contributed by atoms with Crippen molar-refractivity contribution in [2.24, 2.45) is 0 Å². The number of fused-ring (bicyclic) bond motifs is 15. The molecular formula is C75H45N7S. The summed E-state index contributed by atoms with van der Waals surface area (Å²) in [5.41, 5.74) is 17.7. The van der Waals surface area contributed by atoms with E-state index in [1.165, 1.54) is 53.0 Å². The molecule has 0 unspecified atom stereocenters. The largest absolute Gasteiger partial charge is 0.309 e. The highest BCUT2D eigenvalue weighted by atomic mass is 32.1. The summed E-state index contributed by atoms with van der Waals surface area (Å²) in [5, 5.41) is 11.8. The molecule has 0 N–H and O–H groups in total. The molecule has 0 aliphatic rings. The molecule has 0 saturated heterocycles. The van der Waals surface area contributed by atoms with Crippen molar-refractivity contribution in [3.8, 4) is 56.7 Å². The van der Waals surface area contributed by atoms with E-state index >= 15 is 0 Å². The van der Waals surface area contributed by atoms with Crippen molar-refractivity contribution in [1.82, 2.24) is 33.2 Å². The Balaban J connectivity index is 0.828. The fourth-order valence-electron chi connectivity index (χ4n) is 13.3. The third-order valence-electron chi connectivity index (χ3n) is 17.1. The molecule has 18 aromatic rings. The van der Waals surface area contributed by atoms with Crippen LogP contribution in [0.1, 0.15) is 0 Å². The Kier molecular flexibility index (Phi) is 9.83. The lowest BCUT2D eigenvalue weighted by atomic mass is 10.0. The summed E-state index contributed by atoms with van der Waals surface area (Å²) in [6.45, 7) is 0. The van der Waals surface area contributed by atoms with Crippen LogP contribution in [0.4, 0.5) is 0 Å². The number of hydrogen-bond acceptors (Lipinski definition) is 4. The fourth-order valence-corrected chi connectivity index (χ4v) is 14.4. The maximum atomic E-state index is 5.69. The van der Waals surface area contributed by atoms with Gasteiger partial charge in [-0.05, 0) is 138 Å². The van der Waals surface area contributed by atoms with Crippen LogP contribution in [0.2, 0.25) is 0 Å². The van der Waals surface area contributed by atoms with Crippen molar-refractivity contribution in [2.75, 3.05) is 0 Å². The van der Waals surface area contributed by atoms with Gasteiger partial charge in [0.1, 0.15) is 5.82 Å². The molecule has 11 aromatic carbocycles. The molecule has 7 aromatic heterocycles. The SMILES string of the molecule is c1ccc(-n2c3ccccc3c3cc(-c4ccc5c(c4)c4ccccc4n5-c4cc(-c5ccc6sc7ccncc7c6c5)nc(-n5c6ccccc6c6cc(-c7ccc8c(c7)c7ccccc7n8-c7ccccc7)ccc65)n4)ccc32)cc1. The van der Waals surface area contributed by atoms with Crippen LogP contribution >= 0.6 is 11.3 Å². The summed E-state index contributed by atoms with van der Waals surface area (Å²) in [4.78, 5) is 15.8. The van der Waals surface area contributed by atoms with E-state index in [4.69, 9.17) is 9.97 Å². The number of hydrogen-bond donors (Lipinski definition) is 0. The molecule has 0 fully saturated rings. The molecule has 7 nitrogen and oxygen atoms in total. The molecule has 0 radical (unpaired) electrons. The quantitative estimate of drug-likeness (QED) is 0.160. The van der Waals surface area contributed by atoms with Gasteiger partial charge in [-0.3, -0.25) is 14.1 Å². The first kappa shape index (κ1) is 45.9. The standard InChI is InChI=1S/C75H45N7S/c1-3-15-51(16-4-1)79-64-23-11-7-19-53(64)57-39-46(27-32-68(57)79)48-29-34-70-59(41-48)55-21-9-13-25-66(55)81(70)74-44-63(50-31-36-72-61(43-50)62-45-76-38-37-73(62)83-72)77-75(78-74)82-67-26-14-10-22-56(67)60-42-49(30-35-71(60)82)47-28-33-69-58(40-47)54-20-8-12-24-65(54)80(69)52-17-5-2-6-18-52/h1-45H. The Bertz CT molecular complexity index is 5410. The second-order valence-electron chi connectivity index (χ2n) is 21.6. The molecule has 0 spiro atoms. The monoisotopic (exact) mass is 1080 g/mol. The second kappa shape index (κ2) is 17.8. The van der Waals surface area contributed by atoms with Crippen LogP contribution in [0.3, 0.4) is 0 Å². The van der Waals surface area contributed by atoms with E-state index in [9.17, 15) is 0 Å². The van der Waals surface area contributed by atoms with Crippen LogP contribution in [0.25, 0.3) is 164 Å². The van der Waals surface area contributed by atoms with E-state index < -0.39 is 0 Å². The van der Waals surface area contributed by atoms with Crippen LogP contribution in [-0.4, -0.2) is 33.2 Å². The first-order valence-electron chi connectivity index (χ1n) is 28.1. The van der Waals surface area contributed by atoms with Gasteiger partial charge in [0.05, 0.1) is 49.8 Å². The van der Waals surface area contributed by atoms with Crippen molar-refractivity contribution in [1.29, 1.82) is 0 Å². The smallest absolute Gasteiger partial charge is 0.237 e. The second-order valence-corrected chi connectivity index (χ2v) is 22.7. The van der Waals surface area contributed by atoms with Gasteiger partial charge in [-0.1, -0.05) is 140 Å². The lowest BCUT2D eigenvalue weighted by molar-refractivity contribution is 0.952. The van der Waals surface area contributed by atoms with E-state index in [0.717, 1.165) is 105 Å². The third-order valence-corrected chi connectivity index (χ3v) is 18.2. The van der Waals surface area contributed by atoms with Gasteiger partial charge in [0.25, 0.3) is 0 Å². The number of pyridine rings is 1. The number of benzene rings is 11. The molecule has 83 heavy (non-hydrogen) atoms. The molecule has 0 atom stereocenters. The van der Waals surface area contributed by atoms with Crippen LogP contribution in [0.5, 0.6) is 0 Å². The van der Waals surface area contributed by atoms with Gasteiger partial charge in [-0.25, -0.2) is 4.98 Å². The van der Waals surface area contributed by atoms with E-state index in [1.807, 2.05) is 12.4 Å². The van der Waals surface area contributed by atoms with E-state index in [1.54, 1.807) is 11.3 Å². The molecule has 0 bridgehead atoms. The summed E-state index contributed by atoms with van der Waals surface area (Å²) < 4.78 is 11.8. The Morgan fingerprint density at radius 2 is 0.651 bits per heavy atom. The van der Waals surface area contributed by atoms with Gasteiger partial charge in [-0.2, -0.15) is 4.98 Å². The summed E-state index contributed by atoms with van der Waals surface area (Å²) in [6, 6.07) is 94.8. The maximum absolute atomic E-state index is 5.69. The number of rotatable bonds is 7. The van der Waals surface area contributed by atoms with Crippen LogP contribution in [-0.2, 0) is 0 Å². The molecule has 386 valence electrons. The van der Waals surface area contributed by atoms with Crippen molar-refractivity contribution in [3.05, 3.63) is 273 Å². The Hall–Kier alpha value is -10.9. The lowest BCUT2D eigenvalue weighted by Crippen LogP contribution is -2.07. The highest BCUT2D eigenvalue weighted by molar-refractivity contribution is 7.25. The number of para-hydroxylation sites is 6. The van der Waals surface area contributed by atoms with Gasteiger partial charge in [0.15, 0.2) is 0 Å². The zero-order chi connectivity index (χ0) is 54.3. The molecular weight excluding hydrogens is 1030 g/mol. The Morgan fingerprint density at radius 3 is 1.16 bits per heavy atom. The fraction of sp³-hybridized carbons (Fsp3) is 0. The predicted molar refractivity (Wildman–Crippen MR) is 346 cm³/mol. The molecule has 0 amide bonds. The Labute approximate surface area is 479 Å². The van der Waals surface area contributed by atoms with Crippen molar-refractivity contribution in [2.45, 2.75) is 0 Å². The molecule has 18 rings (SSSR count). The third kappa shape index (κ3) is 6.94. The molecule has 7 heterocycles. The number of aromatic nitrogens is 7. The van der Waals surface area contributed by atoms with E-state index in [0.29, 0.717) is 5.95 Å². The van der Waals surface area contributed by atoms with Gasteiger partial charge >= 0.3 is 0 Å². The van der Waals surface area contributed by atoms with Gasteiger partial charge in [0, 0.05) is 98.7 Å². The lowest BCUT2D eigenvalue weighted by Gasteiger charge is -2.14.